The summed E-state index contributed by atoms with van der Waals surface area (Å²) in [6, 6.07) is 25.6. The van der Waals surface area contributed by atoms with Crippen molar-refractivity contribution in [1.29, 1.82) is 0 Å². The fraction of sp³-hybridized carbons (Fsp3) is 0.148. The Kier molecular flexibility index (Phi) is 6.17. The summed E-state index contributed by atoms with van der Waals surface area (Å²) >= 11 is 0. The molecular formula is C27H23N3O5. The zero-order valence-electron chi connectivity index (χ0n) is 19.0. The topological polar surface area (TPSA) is 91.7 Å². The van der Waals surface area contributed by atoms with E-state index in [0.29, 0.717) is 41.8 Å². The van der Waals surface area contributed by atoms with Crippen molar-refractivity contribution in [1.82, 2.24) is 9.78 Å². The van der Waals surface area contributed by atoms with Gasteiger partial charge < -0.3 is 19.5 Å². The quantitative estimate of drug-likeness (QED) is 0.418. The number of anilines is 1. The number of fused-ring (bicyclic) bond motifs is 1. The molecule has 0 bridgehead atoms. The predicted octanol–water partition coefficient (Wildman–Crippen LogP) is 4.49. The van der Waals surface area contributed by atoms with E-state index in [9.17, 15) is 9.59 Å². The van der Waals surface area contributed by atoms with Gasteiger partial charge >= 0.3 is 5.97 Å². The fourth-order valence-electron chi connectivity index (χ4n) is 3.68. The molecule has 1 N–H and O–H groups in total. The van der Waals surface area contributed by atoms with Crippen molar-refractivity contribution >= 4 is 17.6 Å². The minimum Gasteiger partial charge on any atom is -0.486 e. The van der Waals surface area contributed by atoms with Gasteiger partial charge in [0.1, 0.15) is 13.2 Å². The summed E-state index contributed by atoms with van der Waals surface area (Å²) in [6.45, 7) is 2.45. The van der Waals surface area contributed by atoms with E-state index < -0.39 is 18.0 Å². The molecule has 4 aromatic rings. The number of para-hydroxylation sites is 1. The van der Waals surface area contributed by atoms with Crippen LogP contribution in [0.1, 0.15) is 17.4 Å². The molecule has 0 unspecified atom stereocenters. The number of carbonyl (C=O) groups excluding carboxylic acids is 2. The minimum absolute atomic E-state index is 0.217. The monoisotopic (exact) mass is 469 g/mol. The number of aromatic nitrogens is 2. The van der Waals surface area contributed by atoms with E-state index in [4.69, 9.17) is 14.2 Å². The number of nitrogens with one attached hydrogen (secondary N) is 1. The number of hydrogen-bond acceptors (Lipinski definition) is 6. The number of amides is 1. The number of nitrogens with zero attached hydrogens (tertiary/aromatic N) is 2. The molecule has 0 radical (unpaired) electrons. The second kappa shape index (κ2) is 9.72. The minimum atomic E-state index is -1.05. The van der Waals surface area contributed by atoms with Crippen LogP contribution in [0.4, 0.5) is 5.69 Å². The molecular weight excluding hydrogens is 446 g/mol. The third-order valence-corrected chi connectivity index (χ3v) is 5.45. The molecule has 1 aromatic heterocycles. The second-order valence-corrected chi connectivity index (χ2v) is 7.92. The molecule has 1 amide bonds. The summed E-state index contributed by atoms with van der Waals surface area (Å²) in [7, 11) is 0. The molecule has 35 heavy (non-hydrogen) atoms. The Balaban J connectivity index is 1.35. The van der Waals surface area contributed by atoms with Gasteiger partial charge in [0.05, 0.1) is 11.4 Å². The first-order valence-corrected chi connectivity index (χ1v) is 11.2. The molecule has 0 fully saturated rings. The maximum Gasteiger partial charge on any atom is 0.357 e. The smallest absolute Gasteiger partial charge is 0.357 e. The van der Waals surface area contributed by atoms with E-state index in [-0.39, 0.29) is 5.69 Å². The lowest BCUT2D eigenvalue weighted by molar-refractivity contribution is -0.123. The van der Waals surface area contributed by atoms with Gasteiger partial charge in [-0.15, -0.1) is 0 Å². The van der Waals surface area contributed by atoms with Crippen molar-refractivity contribution in [2.45, 2.75) is 13.0 Å². The summed E-state index contributed by atoms with van der Waals surface area (Å²) in [5.74, 6) is 0.0495. The molecule has 176 valence electrons. The summed E-state index contributed by atoms with van der Waals surface area (Å²) in [6.07, 6.45) is -1.05. The van der Waals surface area contributed by atoms with Crippen molar-refractivity contribution in [3.8, 4) is 28.4 Å². The maximum atomic E-state index is 13.1. The number of carbonyl (C=O) groups is 2. The highest BCUT2D eigenvalue weighted by Crippen LogP contribution is 2.32. The first kappa shape index (κ1) is 22.2. The van der Waals surface area contributed by atoms with E-state index >= 15 is 0 Å². The maximum absolute atomic E-state index is 13.1. The molecule has 5 rings (SSSR count). The van der Waals surface area contributed by atoms with Crippen LogP contribution in [0, 0.1) is 0 Å². The normalized spacial score (nSPS) is 13.1. The lowest BCUT2D eigenvalue weighted by Crippen LogP contribution is -2.30. The van der Waals surface area contributed by atoms with Crippen LogP contribution in [0.15, 0.2) is 84.9 Å². The van der Waals surface area contributed by atoms with Crippen LogP contribution < -0.4 is 14.8 Å². The molecule has 8 nitrogen and oxygen atoms in total. The number of rotatable bonds is 6. The fourth-order valence-corrected chi connectivity index (χ4v) is 3.68. The average Bonchev–Trinajstić information content (AvgIpc) is 3.35. The highest BCUT2D eigenvalue weighted by molar-refractivity contribution is 5.97. The average molecular weight is 469 g/mol. The number of esters is 1. The van der Waals surface area contributed by atoms with E-state index in [1.807, 2.05) is 60.7 Å². The Bertz CT molecular complexity index is 1350. The van der Waals surface area contributed by atoms with E-state index in [2.05, 4.69) is 10.4 Å². The van der Waals surface area contributed by atoms with Crippen LogP contribution in [-0.2, 0) is 9.53 Å². The summed E-state index contributed by atoms with van der Waals surface area (Å²) in [5.41, 5.74) is 2.92. The van der Waals surface area contributed by atoms with E-state index in [0.717, 1.165) is 5.56 Å². The third kappa shape index (κ3) is 4.86. The Morgan fingerprint density at radius 1 is 0.914 bits per heavy atom. The molecule has 8 heteroatoms. The number of ether oxygens (including phenoxy) is 3. The highest BCUT2D eigenvalue weighted by Gasteiger charge is 2.24. The van der Waals surface area contributed by atoms with Crippen LogP contribution in [-0.4, -0.2) is 41.0 Å². The van der Waals surface area contributed by atoms with Gasteiger partial charge in [-0.25, -0.2) is 9.48 Å². The van der Waals surface area contributed by atoms with Gasteiger partial charge in [0.25, 0.3) is 5.91 Å². The lowest BCUT2D eigenvalue weighted by Gasteiger charge is -2.19. The lowest BCUT2D eigenvalue weighted by atomic mass is 10.1. The van der Waals surface area contributed by atoms with Crippen molar-refractivity contribution in [2.75, 3.05) is 18.5 Å². The Morgan fingerprint density at radius 3 is 2.34 bits per heavy atom. The molecule has 1 atom stereocenters. The highest BCUT2D eigenvalue weighted by atomic mass is 16.6. The van der Waals surface area contributed by atoms with Crippen molar-refractivity contribution in [2.24, 2.45) is 0 Å². The Labute approximate surface area is 202 Å². The van der Waals surface area contributed by atoms with Crippen molar-refractivity contribution < 1.29 is 23.8 Å². The van der Waals surface area contributed by atoms with Crippen LogP contribution >= 0.6 is 0 Å². The number of hydrogen-bond donors (Lipinski definition) is 1. The summed E-state index contributed by atoms with van der Waals surface area (Å²) in [5, 5.41) is 7.37. The van der Waals surface area contributed by atoms with Gasteiger partial charge in [-0.1, -0.05) is 48.5 Å². The molecule has 1 aliphatic heterocycles. The first-order valence-electron chi connectivity index (χ1n) is 11.2. The van der Waals surface area contributed by atoms with Gasteiger partial charge in [-0.3, -0.25) is 4.79 Å². The summed E-state index contributed by atoms with van der Waals surface area (Å²) in [4.78, 5) is 25.9. The van der Waals surface area contributed by atoms with Crippen LogP contribution in [0.5, 0.6) is 11.5 Å². The number of benzene rings is 3. The molecule has 0 saturated carbocycles. The van der Waals surface area contributed by atoms with Crippen LogP contribution in [0.3, 0.4) is 0 Å². The van der Waals surface area contributed by atoms with Crippen molar-refractivity contribution in [3.63, 3.8) is 0 Å². The molecule has 1 aliphatic rings. The molecule has 0 aliphatic carbocycles. The van der Waals surface area contributed by atoms with E-state index in [1.54, 1.807) is 24.3 Å². The Hall–Kier alpha value is -4.59. The molecule has 0 spiro atoms. The molecule has 0 saturated heterocycles. The standard InChI is InChI=1S/C27H23N3O5/c1-18(26(31)28-20-12-13-24-25(16-20)34-15-14-33-24)35-27(32)23-17-22(19-8-4-2-5-9-19)29-30(23)21-10-6-3-7-11-21/h2-13,16-18H,14-15H2,1H3,(H,28,31)/t18-/m1/s1. The van der Waals surface area contributed by atoms with Gasteiger partial charge in [-0.2, -0.15) is 5.10 Å². The van der Waals surface area contributed by atoms with Gasteiger partial charge in [0, 0.05) is 17.3 Å². The van der Waals surface area contributed by atoms with Crippen molar-refractivity contribution in [3.05, 3.63) is 90.6 Å². The van der Waals surface area contributed by atoms with Crippen LogP contribution in [0.2, 0.25) is 0 Å². The van der Waals surface area contributed by atoms with Gasteiger partial charge in [-0.05, 0) is 37.3 Å². The Morgan fingerprint density at radius 2 is 1.60 bits per heavy atom. The van der Waals surface area contributed by atoms with Crippen LogP contribution in [0.25, 0.3) is 16.9 Å². The predicted molar refractivity (Wildman–Crippen MR) is 130 cm³/mol. The SMILES string of the molecule is C[C@@H](OC(=O)c1cc(-c2ccccc2)nn1-c1ccccc1)C(=O)Nc1ccc2c(c1)OCCO2. The van der Waals surface area contributed by atoms with Gasteiger partial charge in [0.15, 0.2) is 23.3 Å². The zero-order valence-corrected chi connectivity index (χ0v) is 19.0. The second-order valence-electron chi connectivity index (χ2n) is 7.92. The molecule has 2 heterocycles. The first-order chi connectivity index (χ1) is 17.1. The largest absolute Gasteiger partial charge is 0.486 e. The van der Waals surface area contributed by atoms with E-state index in [1.165, 1.54) is 11.6 Å². The third-order valence-electron chi connectivity index (χ3n) is 5.45. The molecule has 3 aromatic carbocycles. The zero-order chi connectivity index (χ0) is 24.2. The van der Waals surface area contributed by atoms with Gasteiger partial charge in [0.2, 0.25) is 0 Å². The summed E-state index contributed by atoms with van der Waals surface area (Å²) < 4.78 is 18.1.